The van der Waals surface area contributed by atoms with Gasteiger partial charge in [0.25, 0.3) is 17.7 Å². The average Bonchev–Trinajstić information content (AvgIpc) is 2.97. The molecule has 3 rings (SSSR count). The van der Waals surface area contributed by atoms with Crippen molar-refractivity contribution >= 4 is 11.8 Å². The Morgan fingerprint density at radius 2 is 1.81 bits per heavy atom. The Kier molecular flexibility index (Phi) is 3.19. The van der Waals surface area contributed by atoms with E-state index in [9.17, 15) is 9.59 Å². The molecule has 0 saturated carbocycles. The quantitative estimate of drug-likeness (QED) is 0.797. The van der Waals surface area contributed by atoms with Crippen LogP contribution in [0.2, 0.25) is 0 Å². The molecule has 1 aromatic heterocycles. The molecule has 0 N–H and O–H groups in total. The lowest BCUT2D eigenvalue weighted by molar-refractivity contribution is -0.101. The van der Waals surface area contributed by atoms with Crippen molar-refractivity contribution in [1.82, 2.24) is 10.2 Å². The van der Waals surface area contributed by atoms with Crippen molar-refractivity contribution in [1.29, 1.82) is 0 Å². The smallest absolute Gasteiger partial charge is 0.285 e. The van der Waals surface area contributed by atoms with Crippen LogP contribution in [0.5, 0.6) is 5.88 Å². The zero-order chi connectivity index (χ0) is 15.0. The molecule has 2 aromatic rings. The summed E-state index contributed by atoms with van der Waals surface area (Å²) >= 11 is 0. The topological polar surface area (TPSA) is 81.9 Å². The lowest BCUT2D eigenvalue weighted by Crippen LogP contribution is -2.29. The zero-order valence-electron chi connectivity index (χ0n) is 11.5. The molecule has 0 fully saturated rings. The number of methoxy groups -OCH3 is 1. The van der Waals surface area contributed by atoms with E-state index in [0.29, 0.717) is 22.5 Å². The highest BCUT2D eigenvalue weighted by Crippen LogP contribution is 2.26. The lowest BCUT2D eigenvalue weighted by atomic mass is 10.1. The van der Waals surface area contributed by atoms with Gasteiger partial charge in [-0.15, -0.1) is 5.06 Å². The van der Waals surface area contributed by atoms with Gasteiger partial charge in [-0.3, -0.25) is 14.4 Å². The fraction of sp³-hybridized carbons (Fsp3) is 0.214. The second kappa shape index (κ2) is 5.02. The molecule has 0 bridgehead atoms. The second-order valence-electron chi connectivity index (χ2n) is 4.45. The molecule has 108 valence electrons. The number of hydrogen-bond donors (Lipinski definition) is 0. The average molecular weight is 288 g/mol. The van der Waals surface area contributed by atoms with Crippen molar-refractivity contribution in [2.24, 2.45) is 0 Å². The molecule has 1 aromatic carbocycles. The van der Waals surface area contributed by atoms with Gasteiger partial charge < -0.3 is 9.26 Å². The van der Waals surface area contributed by atoms with Gasteiger partial charge >= 0.3 is 0 Å². The first kappa shape index (κ1) is 13.3. The number of hydroxylamine groups is 2. The standard InChI is InChI=1S/C14H12N2O5/c1-8-11(12(19-2)15-21-8)7-20-16-13(17)9-5-3-4-6-10(9)14(16)18/h3-6H,7H2,1-2H3. The van der Waals surface area contributed by atoms with E-state index in [1.54, 1.807) is 31.2 Å². The summed E-state index contributed by atoms with van der Waals surface area (Å²) in [5, 5.41) is 4.44. The van der Waals surface area contributed by atoms with E-state index in [-0.39, 0.29) is 12.5 Å². The summed E-state index contributed by atoms with van der Waals surface area (Å²) < 4.78 is 10.00. The Morgan fingerprint density at radius 1 is 1.19 bits per heavy atom. The van der Waals surface area contributed by atoms with E-state index in [1.807, 2.05) is 0 Å². The highest BCUT2D eigenvalue weighted by Gasteiger charge is 2.36. The van der Waals surface area contributed by atoms with Gasteiger partial charge in [0, 0.05) is 0 Å². The number of benzene rings is 1. The van der Waals surface area contributed by atoms with Gasteiger partial charge in [0.2, 0.25) is 0 Å². The van der Waals surface area contributed by atoms with Gasteiger partial charge in [-0.25, -0.2) is 0 Å². The molecule has 0 radical (unpaired) electrons. The minimum Gasteiger partial charge on any atom is -0.479 e. The third-order valence-electron chi connectivity index (χ3n) is 3.24. The summed E-state index contributed by atoms with van der Waals surface area (Å²) in [5.74, 6) is -0.195. The fourth-order valence-electron chi connectivity index (χ4n) is 2.11. The van der Waals surface area contributed by atoms with E-state index >= 15 is 0 Å². The monoisotopic (exact) mass is 288 g/mol. The minimum atomic E-state index is -0.483. The first-order chi connectivity index (χ1) is 10.1. The van der Waals surface area contributed by atoms with Crippen molar-refractivity contribution < 1.29 is 23.7 Å². The molecular weight excluding hydrogens is 276 g/mol. The maximum absolute atomic E-state index is 12.1. The summed E-state index contributed by atoms with van der Waals surface area (Å²) in [4.78, 5) is 29.6. The molecule has 21 heavy (non-hydrogen) atoms. The van der Waals surface area contributed by atoms with Crippen molar-refractivity contribution in [3.63, 3.8) is 0 Å². The summed E-state index contributed by atoms with van der Waals surface area (Å²) in [6, 6.07) is 6.57. The zero-order valence-corrected chi connectivity index (χ0v) is 11.5. The van der Waals surface area contributed by atoms with Gasteiger partial charge in [-0.2, -0.15) is 0 Å². The Bertz CT molecular complexity index is 687. The van der Waals surface area contributed by atoms with Crippen molar-refractivity contribution in [2.45, 2.75) is 13.5 Å². The largest absolute Gasteiger partial charge is 0.479 e. The first-order valence-electron chi connectivity index (χ1n) is 6.23. The third kappa shape index (κ3) is 2.07. The number of aromatic nitrogens is 1. The van der Waals surface area contributed by atoms with E-state index in [1.165, 1.54) is 7.11 Å². The summed E-state index contributed by atoms with van der Waals surface area (Å²) in [6.45, 7) is 1.64. The number of carbonyl (C=O) groups excluding carboxylic acids is 2. The first-order valence-corrected chi connectivity index (χ1v) is 6.23. The SMILES string of the molecule is COc1noc(C)c1CON1C(=O)c2ccccc2C1=O. The number of fused-ring (bicyclic) bond motifs is 1. The van der Waals surface area contributed by atoms with E-state index in [4.69, 9.17) is 14.1 Å². The number of nitrogens with zero attached hydrogens (tertiary/aromatic N) is 2. The number of rotatable bonds is 4. The van der Waals surface area contributed by atoms with Crippen LogP contribution in [-0.4, -0.2) is 29.1 Å². The summed E-state index contributed by atoms with van der Waals surface area (Å²) in [5.41, 5.74) is 1.21. The molecule has 0 unspecified atom stereocenters. The van der Waals surface area contributed by atoms with Crippen LogP contribution in [0.4, 0.5) is 0 Å². The molecule has 1 aliphatic rings. The van der Waals surface area contributed by atoms with Crippen LogP contribution in [0.1, 0.15) is 32.0 Å². The molecule has 7 heteroatoms. The van der Waals surface area contributed by atoms with E-state index in [0.717, 1.165) is 5.06 Å². The van der Waals surface area contributed by atoms with Crippen molar-refractivity contribution in [3.8, 4) is 5.88 Å². The molecule has 0 aliphatic carbocycles. The molecule has 0 atom stereocenters. The highest BCUT2D eigenvalue weighted by atomic mass is 16.7. The van der Waals surface area contributed by atoms with Crippen LogP contribution >= 0.6 is 0 Å². The van der Waals surface area contributed by atoms with Crippen LogP contribution in [0.3, 0.4) is 0 Å². The second-order valence-corrected chi connectivity index (χ2v) is 4.45. The number of aryl methyl sites for hydroxylation is 1. The van der Waals surface area contributed by atoms with Gasteiger partial charge in [-0.1, -0.05) is 12.1 Å². The fourth-order valence-corrected chi connectivity index (χ4v) is 2.11. The summed E-state index contributed by atoms with van der Waals surface area (Å²) in [7, 11) is 1.45. The Morgan fingerprint density at radius 3 is 2.38 bits per heavy atom. The molecular formula is C14H12N2O5. The minimum absolute atomic E-state index is 0.0516. The van der Waals surface area contributed by atoms with Crippen LogP contribution in [0.25, 0.3) is 0 Å². The number of hydrogen-bond acceptors (Lipinski definition) is 6. The molecule has 1 aliphatic heterocycles. The molecule has 0 saturated heterocycles. The predicted octanol–water partition coefficient (Wildman–Crippen LogP) is 1.72. The predicted molar refractivity (Wildman–Crippen MR) is 69.5 cm³/mol. The Labute approximate surface area is 120 Å². The number of ether oxygens (including phenoxy) is 1. The highest BCUT2D eigenvalue weighted by molar-refractivity contribution is 6.20. The molecule has 2 heterocycles. The van der Waals surface area contributed by atoms with Gasteiger partial charge in [0.15, 0.2) is 0 Å². The summed E-state index contributed by atoms with van der Waals surface area (Å²) in [6.07, 6.45) is 0. The molecule has 7 nitrogen and oxygen atoms in total. The third-order valence-corrected chi connectivity index (χ3v) is 3.24. The number of imide groups is 1. The van der Waals surface area contributed by atoms with Crippen LogP contribution < -0.4 is 4.74 Å². The van der Waals surface area contributed by atoms with Crippen LogP contribution in [0, 0.1) is 6.92 Å². The normalized spacial score (nSPS) is 13.7. The van der Waals surface area contributed by atoms with Crippen LogP contribution in [0.15, 0.2) is 28.8 Å². The Balaban J connectivity index is 1.80. The van der Waals surface area contributed by atoms with Crippen molar-refractivity contribution in [3.05, 3.63) is 46.7 Å². The lowest BCUT2D eigenvalue weighted by Gasteiger charge is -2.13. The maximum Gasteiger partial charge on any atom is 0.285 e. The maximum atomic E-state index is 12.1. The van der Waals surface area contributed by atoms with E-state index < -0.39 is 11.8 Å². The van der Waals surface area contributed by atoms with Gasteiger partial charge in [-0.05, 0) is 24.2 Å². The molecule has 0 spiro atoms. The van der Waals surface area contributed by atoms with Gasteiger partial charge in [0.05, 0.1) is 23.8 Å². The van der Waals surface area contributed by atoms with Crippen LogP contribution in [-0.2, 0) is 11.4 Å². The number of carbonyl (C=O) groups is 2. The van der Waals surface area contributed by atoms with Gasteiger partial charge in [0.1, 0.15) is 12.4 Å². The van der Waals surface area contributed by atoms with Crippen molar-refractivity contribution in [2.75, 3.05) is 7.11 Å². The number of amides is 2. The molecule has 2 amide bonds. The Hall–Kier alpha value is -2.67. The van der Waals surface area contributed by atoms with E-state index in [2.05, 4.69) is 5.16 Å².